The summed E-state index contributed by atoms with van der Waals surface area (Å²) in [6.07, 6.45) is 8.15. The molecule has 0 aliphatic rings. The Bertz CT molecular complexity index is 391. The predicted octanol–water partition coefficient (Wildman–Crippen LogP) is 4.72. The van der Waals surface area contributed by atoms with E-state index in [9.17, 15) is 4.79 Å². The van der Waals surface area contributed by atoms with Gasteiger partial charge < -0.3 is 9.47 Å². The lowest BCUT2D eigenvalue weighted by Crippen LogP contribution is -2.08. The summed E-state index contributed by atoms with van der Waals surface area (Å²) in [4.78, 5) is 11.5. The maximum atomic E-state index is 11.5. The van der Waals surface area contributed by atoms with Crippen LogP contribution in [0.4, 0.5) is 0 Å². The van der Waals surface area contributed by atoms with Crippen LogP contribution in [-0.4, -0.2) is 19.2 Å². The van der Waals surface area contributed by atoms with Crippen molar-refractivity contribution in [3.05, 3.63) is 48.8 Å². The van der Waals surface area contributed by atoms with E-state index in [-0.39, 0.29) is 12.6 Å². The molecule has 3 heteroatoms. The highest BCUT2D eigenvalue weighted by atomic mass is 16.6. The number of ether oxygens (including phenoxy) is 2. The van der Waals surface area contributed by atoms with Crippen LogP contribution in [0, 0.1) is 0 Å². The summed E-state index contributed by atoms with van der Waals surface area (Å²) in [6, 6.07) is 0. The van der Waals surface area contributed by atoms with Gasteiger partial charge in [-0.3, -0.25) is 0 Å². The van der Waals surface area contributed by atoms with Crippen molar-refractivity contribution in [2.45, 2.75) is 46.0 Å². The van der Waals surface area contributed by atoms with E-state index < -0.39 is 0 Å². The van der Waals surface area contributed by atoms with Gasteiger partial charge in [0.15, 0.2) is 0 Å². The van der Waals surface area contributed by atoms with E-state index >= 15 is 0 Å². The summed E-state index contributed by atoms with van der Waals surface area (Å²) >= 11 is 0. The normalized spacial score (nSPS) is 10.4. The lowest BCUT2D eigenvalue weighted by Gasteiger charge is -2.08. The summed E-state index contributed by atoms with van der Waals surface area (Å²) in [5.74, 6) is 0.263. The van der Waals surface area contributed by atoms with Gasteiger partial charge in [-0.05, 0) is 19.8 Å². The van der Waals surface area contributed by atoms with Crippen LogP contribution in [0.5, 0.6) is 0 Å². The van der Waals surface area contributed by atoms with E-state index in [0.717, 1.165) is 24.0 Å². The Balaban J connectivity index is 3.72. The Morgan fingerprint density at radius 3 is 2.33 bits per heavy atom. The third-order valence-corrected chi connectivity index (χ3v) is 2.69. The number of carbonyl (C=O) groups is 1. The van der Waals surface area contributed by atoms with Crippen molar-refractivity contribution in [1.29, 1.82) is 0 Å². The smallest absolute Gasteiger partial charge is 0.330 e. The summed E-state index contributed by atoms with van der Waals surface area (Å²) in [5, 5.41) is 0. The molecule has 0 radical (unpaired) electrons. The summed E-state index contributed by atoms with van der Waals surface area (Å²) < 4.78 is 10.3. The average molecular weight is 292 g/mol. The molecule has 118 valence electrons. The van der Waals surface area contributed by atoms with Crippen LogP contribution >= 0.6 is 0 Å². The first kappa shape index (κ1) is 19.2. The first-order valence-corrected chi connectivity index (χ1v) is 7.43. The fraction of sp³-hybridized carbons (Fsp3) is 0.500. The molecule has 0 spiro atoms. The van der Waals surface area contributed by atoms with Gasteiger partial charge in [0.25, 0.3) is 0 Å². The summed E-state index contributed by atoms with van der Waals surface area (Å²) in [5.41, 5.74) is 1.94. The van der Waals surface area contributed by atoms with Gasteiger partial charge in [-0.15, -0.1) is 0 Å². The third-order valence-electron chi connectivity index (χ3n) is 2.69. The highest BCUT2D eigenvalue weighted by Gasteiger charge is 1.99. The largest absolute Gasteiger partial charge is 0.495 e. The first-order valence-electron chi connectivity index (χ1n) is 7.43. The molecule has 0 atom stereocenters. The van der Waals surface area contributed by atoms with Crippen molar-refractivity contribution >= 4 is 5.97 Å². The van der Waals surface area contributed by atoms with Gasteiger partial charge in [-0.2, -0.15) is 0 Å². The van der Waals surface area contributed by atoms with Crippen molar-refractivity contribution < 1.29 is 14.3 Å². The molecule has 0 unspecified atom stereocenters. The molecule has 0 aromatic carbocycles. The molecule has 0 rings (SSSR count). The molecule has 0 saturated heterocycles. The van der Waals surface area contributed by atoms with Crippen molar-refractivity contribution in [2.75, 3.05) is 13.2 Å². The van der Waals surface area contributed by atoms with Crippen LogP contribution in [0.25, 0.3) is 0 Å². The van der Waals surface area contributed by atoms with Crippen LogP contribution < -0.4 is 0 Å². The second-order valence-electron chi connectivity index (χ2n) is 5.14. The number of unbranched alkanes of at least 4 members (excludes halogenated alkanes) is 2. The Labute approximate surface area is 129 Å². The van der Waals surface area contributed by atoms with Crippen LogP contribution in [-0.2, 0) is 14.3 Å². The average Bonchev–Trinajstić information content (AvgIpc) is 2.41. The van der Waals surface area contributed by atoms with E-state index in [4.69, 9.17) is 9.47 Å². The Morgan fingerprint density at radius 2 is 1.71 bits per heavy atom. The molecular formula is C18H28O3. The van der Waals surface area contributed by atoms with Crippen molar-refractivity contribution in [3.63, 3.8) is 0 Å². The zero-order valence-electron chi connectivity index (χ0n) is 13.5. The van der Waals surface area contributed by atoms with Gasteiger partial charge >= 0.3 is 5.97 Å². The van der Waals surface area contributed by atoms with E-state index in [2.05, 4.69) is 26.7 Å². The van der Waals surface area contributed by atoms with E-state index in [1.807, 2.05) is 6.92 Å². The number of rotatable bonds is 12. The molecule has 3 nitrogen and oxygen atoms in total. The highest BCUT2D eigenvalue weighted by molar-refractivity contribution is 5.82. The van der Waals surface area contributed by atoms with Crippen LogP contribution in [0.15, 0.2) is 48.8 Å². The van der Waals surface area contributed by atoms with E-state index in [1.54, 1.807) is 6.08 Å². The molecule has 0 aromatic rings. The molecule has 0 aliphatic heterocycles. The van der Waals surface area contributed by atoms with Gasteiger partial charge in [0.1, 0.15) is 13.2 Å². The maximum Gasteiger partial charge on any atom is 0.330 e. The standard InChI is InChI=1S/C18H28O3/c1-6-7-8-9-16(4)10-11-18(19)21-13-12-20-17(5)14-15(2)3/h10-11H,2,4-9,12-14H2,1,3H3/b11-10+. The zero-order chi connectivity index (χ0) is 16.1. The molecule has 0 saturated carbocycles. The van der Waals surface area contributed by atoms with E-state index in [1.165, 1.54) is 18.9 Å². The lowest BCUT2D eigenvalue weighted by atomic mass is 10.1. The molecule has 0 aromatic heterocycles. The minimum Gasteiger partial charge on any atom is -0.495 e. The molecule has 0 bridgehead atoms. The topological polar surface area (TPSA) is 35.5 Å². The number of hydrogen-bond acceptors (Lipinski definition) is 3. The van der Waals surface area contributed by atoms with Crippen LogP contribution in [0.2, 0.25) is 0 Å². The second-order valence-corrected chi connectivity index (χ2v) is 5.14. The number of allylic oxidation sites excluding steroid dienone is 3. The van der Waals surface area contributed by atoms with Crippen molar-refractivity contribution in [1.82, 2.24) is 0 Å². The van der Waals surface area contributed by atoms with Crippen LogP contribution in [0.3, 0.4) is 0 Å². The SMILES string of the molecule is C=C(C)CC(=C)OCCOC(=O)/C=C/C(=C)CCCCC. The van der Waals surface area contributed by atoms with Gasteiger partial charge in [0.2, 0.25) is 0 Å². The monoisotopic (exact) mass is 292 g/mol. The minimum absolute atomic E-state index is 0.209. The molecule has 21 heavy (non-hydrogen) atoms. The molecule has 0 aliphatic carbocycles. The Kier molecular flexibility index (Phi) is 11.0. The summed E-state index contributed by atoms with van der Waals surface area (Å²) in [6.45, 7) is 16.0. The number of carbonyl (C=O) groups excluding carboxylic acids is 1. The predicted molar refractivity (Wildman–Crippen MR) is 87.9 cm³/mol. The van der Waals surface area contributed by atoms with Gasteiger partial charge in [-0.1, -0.05) is 56.7 Å². The van der Waals surface area contributed by atoms with Gasteiger partial charge in [0, 0.05) is 12.5 Å². The fourth-order valence-electron chi connectivity index (χ4n) is 1.64. The summed E-state index contributed by atoms with van der Waals surface area (Å²) in [7, 11) is 0. The Morgan fingerprint density at radius 1 is 1.05 bits per heavy atom. The fourth-order valence-corrected chi connectivity index (χ4v) is 1.64. The van der Waals surface area contributed by atoms with Gasteiger partial charge in [-0.25, -0.2) is 4.79 Å². The van der Waals surface area contributed by atoms with E-state index in [0.29, 0.717) is 18.8 Å². The third kappa shape index (κ3) is 13.0. The number of esters is 1. The molecule has 0 amide bonds. The zero-order valence-corrected chi connectivity index (χ0v) is 13.5. The lowest BCUT2D eigenvalue weighted by molar-refractivity contribution is -0.138. The highest BCUT2D eigenvalue weighted by Crippen LogP contribution is 2.08. The quantitative estimate of drug-likeness (QED) is 0.130. The van der Waals surface area contributed by atoms with Gasteiger partial charge in [0.05, 0.1) is 5.76 Å². The first-order chi connectivity index (χ1) is 9.95. The van der Waals surface area contributed by atoms with Crippen molar-refractivity contribution in [2.24, 2.45) is 0 Å². The van der Waals surface area contributed by atoms with Crippen molar-refractivity contribution in [3.8, 4) is 0 Å². The molecule has 0 fully saturated rings. The maximum absolute atomic E-state index is 11.5. The molecule has 0 heterocycles. The number of hydrogen-bond donors (Lipinski definition) is 0. The molecular weight excluding hydrogens is 264 g/mol. The molecule has 0 N–H and O–H groups in total. The second kappa shape index (κ2) is 12.0. The van der Waals surface area contributed by atoms with Crippen LogP contribution in [0.1, 0.15) is 46.0 Å². The minimum atomic E-state index is -0.374. The Hall–Kier alpha value is -1.77.